The van der Waals surface area contributed by atoms with Gasteiger partial charge in [-0.3, -0.25) is 4.79 Å². The Bertz CT molecular complexity index is 1180. The van der Waals surface area contributed by atoms with Crippen LogP contribution in [0.3, 0.4) is 0 Å². The van der Waals surface area contributed by atoms with Crippen molar-refractivity contribution in [1.29, 1.82) is 0 Å². The second kappa shape index (κ2) is 14.2. The first-order valence-electron chi connectivity index (χ1n) is 12.7. The van der Waals surface area contributed by atoms with Crippen LogP contribution in [0.15, 0.2) is 41.3 Å². The van der Waals surface area contributed by atoms with E-state index in [-0.39, 0.29) is 45.6 Å². The van der Waals surface area contributed by atoms with Crippen LogP contribution in [0.25, 0.3) is 0 Å². The molecule has 38 heavy (non-hydrogen) atoms. The molecule has 11 heteroatoms. The van der Waals surface area contributed by atoms with Gasteiger partial charge in [0.2, 0.25) is 15.9 Å². The fraction of sp³-hybridized carbons (Fsp3) is 0.519. The maximum absolute atomic E-state index is 12.8. The second-order valence-electron chi connectivity index (χ2n) is 10.00. The quantitative estimate of drug-likeness (QED) is 0.323. The molecule has 0 bridgehead atoms. The number of hydrogen-bond donors (Lipinski definition) is 1. The van der Waals surface area contributed by atoms with Crippen LogP contribution < -0.4 is 10.2 Å². The van der Waals surface area contributed by atoms with Crippen molar-refractivity contribution in [2.45, 2.75) is 37.0 Å². The largest absolute Gasteiger partial charge is 0.377 e. The number of para-hydroxylation sites is 1. The number of hydrogen-bond acceptors (Lipinski definition) is 5. The van der Waals surface area contributed by atoms with E-state index in [0.717, 1.165) is 36.4 Å². The molecular weight excluding hydrogens is 569 g/mol. The molecule has 0 radical (unpaired) electrons. The monoisotopic (exact) mass is 603 g/mol. The maximum atomic E-state index is 12.8. The van der Waals surface area contributed by atoms with Gasteiger partial charge in [-0.25, -0.2) is 8.42 Å². The van der Waals surface area contributed by atoms with E-state index in [9.17, 15) is 13.2 Å². The summed E-state index contributed by atoms with van der Waals surface area (Å²) in [5.74, 6) is 0.920. The highest BCUT2D eigenvalue weighted by atomic mass is 35.5. The number of nitrogens with one attached hydrogen (secondary N) is 1. The zero-order chi connectivity index (χ0) is 27.9. The topological polar surface area (TPSA) is 79.0 Å². The second-order valence-corrected chi connectivity index (χ2v) is 13.2. The maximum Gasteiger partial charge on any atom is 0.246 e. The van der Waals surface area contributed by atoms with Crippen LogP contribution in [0.5, 0.6) is 0 Å². The first-order valence-corrected chi connectivity index (χ1v) is 15.3. The van der Waals surface area contributed by atoms with E-state index in [1.54, 1.807) is 0 Å². The summed E-state index contributed by atoms with van der Waals surface area (Å²) in [6, 6.07) is 11.2. The highest BCUT2D eigenvalue weighted by Crippen LogP contribution is 2.34. The summed E-state index contributed by atoms with van der Waals surface area (Å²) in [6.07, 6.45) is 5.58. The SMILES string of the molecule is CN(C)c1ccccc1CC1CCC(CNC(=O)COCCN(C)S(=O)(=O)c2c(Cl)cc(Cl)cc2Cl)CC1. The minimum Gasteiger partial charge on any atom is -0.377 e. The van der Waals surface area contributed by atoms with Gasteiger partial charge in [0.1, 0.15) is 11.5 Å². The van der Waals surface area contributed by atoms with Crippen molar-refractivity contribution < 1.29 is 17.9 Å². The van der Waals surface area contributed by atoms with Crippen molar-refractivity contribution in [2.75, 3.05) is 52.3 Å². The van der Waals surface area contributed by atoms with Crippen LogP contribution in [-0.4, -0.2) is 66.1 Å². The number of carbonyl (C=O) groups excluding carboxylic acids is 1. The van der Waals surface area contributed by atoms with Gasteiger partial charge >= 0.3 is 0 Å². The van der Waals surface area contributed by atoms with Gasteiger partial charge in [0, 0.05) is 44.9 Å². The number of rotatable bonds is 12. The smallest absolute Gasteiger partial charge is 0.246 e. The summed E-state index contributed by atoms with van der Waals surface area (Å²) in [5, 5.41) is 3.09. The fourth-order valence-electron chi connectivity index (χ4n) is 4.79. The van der Waals surface area contributed by atoms with Crippen molar-refractivity contribution in [2.24, 2.45) is 11.8 Å². The predicted molar refractivity (Wildman–Crippen MR) is 155 cm³/mol. The molecule has 210 valence electrons. The first kappa shape index (κ1) is 31.0. The van der Waals surface area contributed by atoms with Gasteiger partial charge in [-0.15, -0.1) is 0 Å². The summed E-state index contributed by atoms with van der Waals surface area (Å²) in [4.78, 5) is 14.2. The minimum atomic E-state index is -3.95. The van der Waals surface area contributed by atoms with Gasteiger partial charge in [0.05, 0.1) is 16.7 Å². The molecule has 1 saturated carbocycles. The lowest BCUT2D eigenvalue weighted by Gasteiger charge is -2.29. The number of anilines is 1. The standard InChI is InChI=1S/C27H36Cl3N3O4S/c1-32(2)25-7-5-4-6-21(25)14-19-8-10-20(11-9-19)17-31-26(34)18-37-13-12-33(3)38(35,36)27-23(29)15-22(28)16-24(27)30/h4-7,15-16,19-20H,8-14,17-18H2,1-3H3,(H,31,34). The van der Waals surface area contributed by atoms with Crippen LogP contribution in [0.1, 0.15) is 31.2 Å². The normalized spacial score (nSPS) is 18.0. The van der Waals surface area contributed by atoms with Crippen molar-refractivity contribution in [3.05, 3.63) is 57.0 Å². The summed E-state index contributed by atoms with van der Waals surface area (Å²) in [7, 11) is 1.61. The molecule has 0 aliphatic heterocycles. The van der Waals surface area contributed by atoms with Gasteiger partial charge in [0.15, 0.2) is 0 Å². The number of halogens is 3. The van der Waals surface area contributed by atoms with E-state index in [0.29, 0.717) is 18.4 Å². The molecule has 2 aromatic rings. The zero-order valence-corrected chi connectivity index (χ0v) is 25.1. The molecule has 0 heterocycles. The molecule has 3 rings (SSSR count). The van der Waals surface area contributed by atoms with Gasteiger partial charge in [-0.05, 0) is 67.7 Å². The Hall–Kier alpha value is -1.55. The van der Waals surface area contributed by atoms with Crippen molar-refractivity contribution >= 4 is 56.4 Å². The van der Waals surface area contributed by atoms with Crippen molar-refractivity contribution in [3.8, 4) is 0 Å². The Morgan fingerprint density at radius 2 is 1.61 bits per heavy atom. The lowest BCUT2D eigenvalue weighted by atomic mass is 9.79. The van der Waals surface area contributed by atoms with Crippen LogP contribution >= 0.6 is 34.8 Å². The predicted octanol–water partition coefficient (Wildman–Crippen LogP) is 5.52. The van der Waals surface area contributed by atoms with Crippen molar-refractivity contribution in [1.82, 2.24) is 9.62 Å². The molecule has 1 amide bonds. The number of likely N-dealkylation sites (N-methyl/N-ethyl adjacent to an activating group) is 1. The number of amides is 1. The van der Waals surface area contributed by atoms with Crippen LogP contribution in [-0.2, 0) is 26.0 Å². The molecule has 0 saturated heterocycles. The fourth-order valence-corrected chi connectivity index (χ4v) is 7.43. The summed E-state index contributed by atoms with van der Waals surface area (Å²) >= 11 is 18.0. The van der Waals surface area contributed by atoms with Crippen LogP contribution in [0, 0.1) is 11.8 Å². The molecule has 0 unspecified atom stereocenters. The van der Waals surface area contributed by atoms with Crippen molar-refractivity contribution in [3.63, 3.8) is 0 Å². The van der Waals surface area contributed by atoms with E-state index >= 15 is 0 Å². The third-order valence-electron chi connectivity index (χ3n) is 6.95. The van der Waals surface area contributed by atoms with Gasteiger partial charge in [-0.1, -0.05) is 53.0 Å². The van der Waals surface area contributed by atoms with Gasteiger partial charge in [0.25, 0.3) is 0 Å². The average molecular weight is 605 g/mol. The number of benzene rings is 2. The van der Waals surface area contributed by atoms with Gasteiger partial charge in [-0.2, -0.15) is 4.31 Å². The van der Waals surface area contributed by atoms with E-state index in [4.69, 9.17) is 39.5 Å². The molecule has 0 atom stereocenters. The Morgan fingerprint density at radius 3 is 2.24 bits per heavy atom. The molecular formula is C27H36Cl3N3O4S. The molecule has 0 aromatic heterocycles. The molecule has 2 aromatic carbocycles. The highest BCUT2D eigenvalue weighted by Gasteiger charge is 2.27. The summed E-state index contributed by atoms with van der Waals surface area (Å²) in [6.45, 7) is 0.579. The lowest BCUT2D eigenvalue weighted by molar-refractivity contribution is -0.125. The van der Waals surface area contributed by atoms with E-state index in [1.807, 2.05) is 0 Å². The number of nitrogens with zero attached hydrogens (tertiary/aromatic N) is 2. The first-order chi connectivity index (χ1) is 18.0. The molecule has 0 spiro atoms. The minimum absolute atomic E-state index is 0.0336. The molecule has 1 N–H and O–H groups in total. The Labute approximate surface area is 241 Å². The van der Waals surface area contributed by atoms with E-state index < -0.39 is 10.0 Å². The number of carbonyl (C=O) groups is 1. The van der Waals surface area contributed by atoms with Crippen LogP contribution in [0.4, 0.5) is 5.69 Å². The summed E-state index contributed by atoms with van der Waals surface area (Å²) in [5.41, 5.74) is 2.67. The van der Waals surface area contributed by atoms with Gasteiger partial charge < -0.3 is 15.0 Å². The van der Waals surface area contributed by atoms with Crippen LogP contribution in [0.2, 0.25) is 15.1 Å². The molecule has 7 nitrogen and oxygen atoms in total. The highest BCUT2D eigenvalue weighted by molar-refractivity contribution is 7.89. The Balaban J connectivity index is 1.35. The Morgan fingerprint density at radius 1 is 1.00 bits per heavy atom. The third-order valence-corrected chi connectivity index (χ3v) is 9.95. The van der Waals surface area contributed by atoms with E-state index in [1.165, 1.54) is 30.4 Å². The lowest BCUT2D eigenvalue weighted by Crippen LogP contribution is -2.35. The molecule has 1 fully saturated rings. The van der Waals surface area contributed by atoms with E-state index in [2.05, 4.69) is 48.6 Å². The average Bonchev–Trinajstić information content (AvgIpc) is 2.85. The number of sulfonamides is 1. The third kappa shape index (κ3) is 8.47. The molecule has 1 aliphatic rings. The Kier molecular flexibility index (Phi) is 11.6. The molecule has 1 aliphatic carbocycles. The summed E-state index contributed by atoms with van der Waals surface area (Å²) < 4.78 is 32.2. The zero-order valence-electron chi connectivity index (χ0n) is 22.1. The number of ether oxygens (including phenoxy) is 1.